The van der Waals surface area contributed by atoms with Crippen LogP contribution in [0.5, 0.6) is 0 Å². The minimum atomic E-state index is -1.48. The second kappa shape index (κ2) is 8.21. The lowest BCUT2D eigenvalue weighted by molar-refractivity contribution is -0.144. The van der Waals surface area contributed by atoms with Crippen LogP contribution in [-0.4, -0.2) is 34.8 Å². The third kappa shape index (κ3) is 3.12. The van der Waals surface area contributed by atoms with Gasteiger partial charge in [0.2, 0.25) is 0 Å². The van der Waals surface area contributed by atoms with Crippen LogP contribution in [0, 0.1) is 0 Å². The van der Waals surface area contributed by atoms with Crippen molar-refractivity contribution >= 4 is 60.1 Å². The lowest BCUT2D eigenvalue weighted by Gasteiger charge is -2.52. The number of likely N-dealkylation sites (tertiary alicyclic amines) is 1. The lowest BCUT2D eigenvalue weighted by atomic mass is 9.99. The molecule has 0 aliphatic carbocycles. The van der Waals surface area contributed by atoms with Crippen LogP contribution in [0.3, 0.4) is 0 Å². The van der Waals surface area contributed by atoms with Gasteiger partial charge in [-0.05, 0) is 38.4 Å². The van der Waals surface area contributed by atoms with Gasteiger partial charge in [0, 0.05) is 10.1 Å². The molecule has 142 valence electrons. The summed E-state index contributed by atoms with van der Waals surface area (Å²) in [5.74, 6) is 1.32. The molecule has 6 heteroatoms. The third-order valence-electron chi connectivity index (χ3n) is 6.01. The summed E-state index contributed by atoms with van der Waals surface area (Å²) < 4.78 is 2.81. The normalized spacial score (nSPS) is 25.5. The number of benzene rings is 1. The van der Waals surface area contributed by atoms with Gasteiger partial charge in [-0.15, -0.1) is 23.5 Å². The summed E-state index contributed by atoms with van der Waals surface area (Å²) in [5, 5.41) is 0. The number of thioether (sulfide) groups is 2. The first kappa shape index (κ1) is 20.8. The highest BCUT2D eigenvalue weighted by atomic mass is 127. The second-order valence-corrected chi connectivity index (χ2v) is 16.8. The zero-order chi connectivity index (χ0) is 18.9. The molecule has 1 amide bonds. The van der Waals surface area contributed by atoms with Crippen LogP contribution in [0.4, 0.5) is 0 Å². The zero-order valence-electron chi connectivity index (χ0n) is 16.0. The van der Waals surface area contributed by atoms with Gasteiger partial charge in [0.25, 0.3) is 5.91 Å². The van der Waals surface area contributed by atoms with Crippen molar-refractivity contribution in [1.29, 1.82) is 0 Å². The molecule has 0 radical (unpaired) electrons. The van der Waals surface area contributed by atoms with E-state index in [-0.39, 0.29) is 10.1 Å². The molecule has 1 fully saturated rings. The van der Waals surface area contributed by atoms with Gasteiger partial charge < -0.3 is 4.90 Å². The van der Waals surface area contributed by atoms with Gasteiger partial charge in [-0.1, -0.05) is 76.2 Å². The maximum Gasteiger partial charge on any atom is 0.252 e. The Morgan fingerprint density at radius 1 is 1.15 bits per heavy atom. The predicted molar refractivity (Wildman–Crippen MR) is 127 cm³/mol. The Kier molecular flexibility index (Phi) is 6.57. The van der Waals surface area contributed by atoms with Crippen molar-refractivity contribution in [2.45, 2.75) is 62.5 Å². The van der Waals surface area contributed by atoms with E-state index in [1.54, 1.807) is 4.53 Å². The highest BCUT2D eigenvalue weighted by Crippen LogP contribution is 2.65. The molecule has 2 heterocycles. The van der Waals surface area contributed by atoms with Crippen LogP contribution in [0.25, 0.3) is 0 Å². The van der Waals surface area contributed by atoms with Gasteiger partial charge in [-0.25, -0.2) is 0 Å². The van der Waals surface area contributed by atoms with Crippen molar-refractivity contribution in [3.05, 3.63) is 44.0 Å². The Labute approximate surface area is 181 Å². The molecular formula is C20H28INOS2Si. The monoisotopic (exact) mass is 517 g/mol. The molecule has 0 unspecified atom stereocenters. The number of rotatable bonds is 8. The molecule has 0 aromatic heterocycles. The first-order valence-electron chi connectivity index (χ1n) is 9.57. The summed E-state index contributed by atoms with van der Waals surface area (Å²) in [6, 6.07) is 14.5. The summed E-state index contributed by atoms with van der Waals surface area (Å²) in [7, 11) is -1.48. The molecule has 26 heavy (non-hydrogen) atoms. The fourth-order valence-corrected chi connectivity index (χ4v) is 16.5. The van der Waals surface area contributed by atoms with Crippen molar-refractivity contribution < 1.29 is 4.79 Å². The summed E-state index contributed by atoms with van der Waals surface area (Å²) >= 11 is 6.40. The number of hydrogen-bond donors (Lipinski definition) is 0. The van der Waals surface area contributed by atoms with Gasteiger partial charge in [-0.3, -0.25) is 4.79 Å². The predicted octanol–water partition coefficient (Wildman–Crippen LogP) is 6.29. The first-order valence-corrected chi connectivity index (χ1v) is 15.1. The molecule has 0 saturated carbocycles. The fourth-order valence-electron chi connectivity index (χ4n) is 4.22. The van der Waals surface area contributed by atoms with Gasteiger partial charge in [-0.2, -0.15) is 0 Å². The van der Waals surface area contributed by atoms with Crippen LogP contribution in [0.15, 0.2) is 38.4 Å². The molecule has 1 aromatic carbocycles. The SMILES string of the molecule is CCS[C@]12SC([Si](CC)(CC)CC)=C(I)[C@H]1N(Cc1ccccc1)C2=O. The van der Waals surface area contributed by atoms with Crippen LogP contribution >= 0.6 is 46.1 Å². The largest absolute Gasteiger partial charge is 0.326 e. The minimum absolute atomic E-state index is 0.261. The Bertz CT molecular complexity index is 699. The summed E-state index contributed by atoms with van der Waals surface area (Å²) in [6.07, 6.45) is 0. The van der Waals surface area contributed by atoms with Crippen molar-refractivity contribution in [3.63, 3.8) is 0 Å². The number of nitrogens with zero attached hydrogens (tertiary/aromatic N) is 1. The molecule has 2 nitrogen and oxygen atoms in total. The van der Waals surface area contributed by atoms with Crippen LogP contribution in [-0.2, 0) is 11.3 Å². The van der Waals surface area contributed by atoms with E-state index in [1.165, 1.54) is 27.3 Å². The molecule has 0 spiro atoms. The van der Waals surface area contributed by atoms with E-state index in [1.807, 2.05) is 29.6 Å². The van der Waals surface area contributed by atoms with Crippen molar-refractivity contribution in [2.24, 2.45) is 0 Å². The van der Waals surface area contributed by atoms with Gasteiger partial charge in [0.15, 0.2) is 4.08 Å². The molecule has 1 saturated heterocycles. The van der Waals surface area contributed by atoms with Crippen molar-refractivity contribution in [1.82, 2.24) is 4.90 Å². The van der Waals surface area contributed by atoms with E-state index in [0.717, 1.165) is 12.3 Å². The van der Waals surface area contributed by atoms with E-state index in [0.29, 0.717) is 5.91 Å². The quantitative estimate of drug-likeness (QED) is 0.230. The van der Waals surface area contributed by atoms with E-state index in [9.17, 15) is 4.79 Å². The molecular weight excluding hydrogens is 489 g/mol. The van der Waals surface area contributed by atoms with E-state index in [2.05, 4.69) is 79.5 Å². The average molecular weight is 518 g/mol. The number of amides is 1. The number of halogens is 1. The molecule has 2 atom stereocenters. The zero-order valence-corrected chi connectivity index (χ0v) is 20.8. The molecule has 0 N–H and O–H groups in total. The van der Waals surface area contributed by atoms with Gasteiger partial charge in [0.1, 0.15) is 0 Å². The maximum absolute atomic E-state index is 13.3. The minimum Gasteiger partial charge on any atom is -0.326 e. The summed E-state index contributed by atoms with van der Waals surface area (Å²) in [5.41, 5.74) is 1.23. The van der Waals surface area contributed by atoms with Crippen LogP contribution in [0.1, 0.15) is 33.3 Å². The summed E-state index contributed by atoms with van der Waals surface area (Å²) in [6.45, 7) is 10.00. The van der Waals surface area contributed by atoms with E-state index >= 15 is 0 Å². The first-order chi connectivity index (χ1) is 12.5. The standard InChI is InChI=1S/C20H28INOS2Si/c1-5-24-20-17(16(21)18(25-20)26(6-2,7-3)8-4)22(19(20)23)14-15-12-10-9-11-13-15/h9-13,17H,5-8,14H2,1-4H3/t17-,20+/m1/s1. The topological polar surface area (TPSA) is 20.3 Å². The molecule has 2 aliphatic heterocycles. The van der Waals surface area contributed by atoms with Crippen molar-refractivity contribution in [3.8, 4) is 0 Å². The smallest absolute Gasteiger partial charge is 0.252 e. The fraction of sp³-hybridized carbons (Fsp3) is 0.550. The maximum atomic E-state index is 13.3. The lowest BCUT2D eigenvalue weighted by Crippen LogP contribution is -2.68. The van der Waals surface area contributed by atoms with Gasteiger partial charge in [0.05, 0.1) is 14.1 Å². The van der Waals surface area contributed by atoms with E-state index in [4.69, 9.17) is 0 Å². The number of β-lactam (4-membered cyclic amide) rings is 1. The Morgan fingerprint density at radius 2 is 1.77 bits per heavy atom. The third-order valence-corrected chi connectivity index (χ3v) is 17.8. The Balaban J connectivity index is 1.97. The van der Waals surface area contributed by atoms with Crippen LogP contribution in [0.2, 0.25) is 18.1 Å². The Hall–Kier alpha value is 0.0769. The highest BCUT2D eigenvalue weighted by Gasteiger charge is 2.67. The number of hydrogen-bond acceptors (Lipinski definition) is 3. The number of carbonyl (C=O) groups excluding carboxylic acids is 1. The van der Waals surface area contributed by atoms with Crippen molar-refractivity contribution in [2.75, 3.05) is 5.75 Å². The molecule has 2 aliphatic rings. The number of carbonyl (C=O) groups is 1. The Morgan fingerprint density at radius 3 is 2.31 bits per heavy atom. The second-order valence-electron chi connectivity index (χ2n) is 7.04. The van der Waals surface area contributed by atoms with Gasteiger partial charge >= 0.3 is 0 Å². The molecule has 0 bridgehead atoms. The average Bonchev–Trinajstić information content (AvgIpc) is 2.93. The molecule has 3 rings (SSSR count). The molecule has 1 aromatic rings. The van der Waals surface area contributed by atoms with Crippen LogP contribution < -0.4 is 0 Å². The number of fused-ring (bicyclic) bond motifs is 1. The highest BCUT2D eigenvalue weighted by molar-refractivity contribution is 14.1. The summed E-state index contributed by atoms with van der Waals surface area (Å²) in [4.78, 5) is 15.4. The van der Waals surface area contributed by atoms with E-state index < -0.39 is 8.07 Å².